The molecule has 0 N–H and O–H groups in total. The first-order chi connectivity index (χ1) is 10.8. The molecule has 2 rings (SSSR count). The van der Waals surface area contributed by atoms with Gasteiger partial charge in [-0.1, -0.05) is 12.1 Å². The van der Waals surface area contributed by atoms with Gasteiger partial charge in [0.2, 0.25) is 0 Å². The van der Waals surface area contributed by atoms with Crippen LogP contribution < -0.4 is 0 Å². The van der Waals surface area contributed by atoms with Crippen molar-refractivity contribution in [2.45, 2.75) is 39.6 Å². The standard InChI is InChI=1S/C16H17F3N2O2/c1-11-8-12(2)21(20-11)7-6-15(22)23-10-13-4-3-5-14(9-13)16(17,18)19/h3-5,8-9H,6-7,10H2,1-2H3. The number of carbonyl (C=O) groups is 1. The molecule has 0 aliphatic carbocycles. The highest BCUT2D eigenvalue weighted by atomic mass is 19.4. The molecule has 2 aromatic rings. The third-order valence-corrected chi connectivity index (χ3v) is 3.29. The average molecular weight is 326 g/mol. The number of carbonyl (C=O) groups excluding carboxylic acids is 1. The van der Waals surface area contributed by atoms with Gasteiger partial charge in [-0.15, -0.1) is 0 Å². The molecule has 0 unspecified atom stereocenters. The van der Waals surface area contributed by atoms with Crippen LogP contribution in [0.15, 0.2) is 30.3 Å². The van der Waals surface area contributed by atoms with Crippen LogP contribution in [0.25, 0.3) is 0 Å². The van der Waals surface area contributed by atoms with Gasteiger partial charge in [-0.2, -0.15) is 18.3 Å². The van der Waals surface area contributed by atoms with Gasteiger partial charge in [-0.3, -0.25) is 9.48 Å². The van der Waals surface area contributed by atoms with Crippen LogP contribution in [0.4, 0.5) is 13.2 Å². The van der Waals surface area contributed by atoms with E-state index < -0.39 is 17.7 Å². The molecule has 0 atom stereocenters. The van der Waals surface area contributed by atoms with E-state index in [-0.39, 0.29) is 13.0 Å². The maximum Gasteiger partial charge on any atom is 0.416 e. The van der Waals surface area contributed by atoms with Gasteiger partial charge in [0.05, 0.1) is 24.2 Å². The van der Waals surface area contributed by atoms with E-state index in [4.69, 9.17) is 4.74 Å². The maximum atomic E-state index is 12.6. The molecule has 1 aromatic heterocycles. The summed E-state index contributed by atoms with van der Waals surface area (Å²) in [5, 5.41) is 4.22. The van der Waals surface area contributed by atoms with E-state index in [1.165, 1.54) is 12.1 Å². The molecule has 0 aliphatic rings. The lowest BCUT2D eigenvalue weighted by molar-refractivity contribution is -0.145. The highest BCUT2D eigenvalue weighted by Crippen LogP contribution is 2.29. The first-order valence-electron chi connectivity index (χ1n) is 7.08. The fourth-order valence-corrected chi connectivity index (χ4v) is 2.17. The largest absolute Gasteiger partial charge is 0.461 e. The van der Waals surface area contributed by atoms with Crippen LogP contribution in [-0.2, 0) is 28.9 Å². The average Bonchev–Trinajstić information content (AvgIpc) is 2.80. The van der Waals surface area contributed by atoms with Gasteiger partial charge in [0.25, 0.3) is 0 Å². The third-order valence-electron chi connectivity index (χ3n) is 3.29. The molecule has 4 nitrogen and oxygen atoms in total. The molecule has 1 aromatic carbocycles. The quantitative estimate of drug-likeness (QED) is 0.788. The molecular formula is C16H17F3N2O2. The monoisotopic (exact) mass is 326 g/mol. The molecule has 23 heavy (non-hydrogen) atoms. The van der Waals surface area contributed by atoms with Crippen LogP contribution in [0.2, 0.25) is 0 Å². The van der Waals surface area contributed by atoms with E-state index in [9.17, 15) is 18.0 Å². The lowest BCUT2D eigenvalue weighted by atomic mass is 10.1. The van der Waals surface area contributed by atoms with Crippen molar-refractivity contribution in [2.24, 2.45) is 0 Å². The third kappa shape index (κ3) is 4.84. The summed E-state index contributed by atoms with van der Waals surface area (Å²) >= 11 is 0. The van der Waals surface area contributed by atoms with Crippen LogP contribution in [-0.4, -0.2) is 15.7 Å². The number of nitrogens with zero attached hydrogens (tertiary/aromatic N) is 2. The summed E-state index contributed by atoms with van der Waals surface area (Å²) in [4.78, 5) is 11.7. The number of hydrogen-bond acceptors (Lipinski definition) is 3. The molecule has 0 spiro atoms. The molecule has 124 valence electrons. The Hall–Kier alpha value is -2.31. The van der Waals surface area contributed by atoms with Crippen LogP contribution >= 0.6 is 0 Å². The van der Waals surface area contributed by atoms with Crippen molar-refractivity contribution in [3.05, 3.63) is 52.8 Å². The maximum absolute atomic E-state index is 12.6. The first kappa shape index (κ1) is 17.1. The zero-order chi connectivity index (χ0) is 17.0. The zero-order valence-electron chi connectivity index (χ0n) is 12.9. The summed E-state index contributed by atoms with van der Waals surface area (Å²) in [6.45, 7) is 3.93. The van der Waals surface area contributed by atoms with Crippen LogP contribution in [0.3, 0.4) is 0 Å². The van der Waals surface area contributed by atoms with Crippen molar-refractivity contribution in [3.63, 3.8) is 0 Å². The Balaban J connectivity index is 1.86. The van der Waals surface area contributed by atoms with E-state index >= 15 is 0 Å². The number of benzene rings is 1. The molecule has 0 fully saturated rings. The molecule has 0 bridgehead atoms. The number of ether oxygens (including phenoxy) is 1. The van der Waals surface area contributed by atoms with Gasteiger partial charge >= 0.3 is 12.1 Å². The minimum absolute atomic E-state index is 0.112. The van der Waals surface area contributed by atoms with E-state index in [1.54, 1.807) is 4.68 Å². The van der Waals surface area contributed by atoms with Gasteiger partial charge in [0, 0.05) is 5.69 Å². The highest BCUT2D eigenvalue weighted by molar-refractivity contribution is 5.69. The number of aryl methyl sites for hydroxylation is 3. The van der Waals surface area contributed by atoms with Gasteiger partial charge < -0.3 is 4.74 Å². The van der Waals surface area contributed by atoms with Gasteiger partial charge in [0.1, 0.15) is 6.61 Å². The Morgan fingerprint density at radius 1 is 1.26 bits per heavy atom. The van der Waals surface area contributed by atoms with Gasteiger partial charge in [0.15, 0.2) is 0 Å². The summed E-state index contributed by atoms with van der Waals surface area (Å²) in [6, 6.07) is 6.64. The fourth-order valence-electron chi connectivity index (χ4n) is 2.17. The molecular weight excluding hydrogens is 309 g/mol. The normalized spacial score (nSPS) is 11.5. The van der Waals surface area contributed by atoms with Crippen LogP contribution in [0.1, 0.15) is 28.9 Å². The predicted molar refractivity (Wildman–Crippen MR) is 77.6 cm³/mol. The highest BCUT2D eigenvalue weighted by Gasteiger charge is 2.30. The summed E-state index contributed by atoms with van der Waals surface area (Å²) in [7, 11) is 0. The second kappa shape index (κ2) is 6.85. The Labute approximate surface area is 131 Å². The summed E-state index contributed by atoms with van der Waals surface area (Å²) in [5.41, 5.74) is 1.35. The number of esters is 1. The van der Waals surface area contributed by atoms with Crippen LogP contribution in [0.5, 0.6) is 0 Å². The molecule has 0 saturated heterocycles. The van der Waals surface area contributed by atoms with E-state index in [0.29, 0.717) is 12.1 Å². The van der Waals surface area contributed by atoms with Crippen LogP contribution in [0, 0.1) is 13.8 Å². The Kier molecular flexibility index (Phi) is 5.08. The minimum atomic E-state index is -4.41. The number of aromatic nitrogens is 2. The topological polar surface area (TPSA) is 44.1 Å². The van der Waals surface area contributed by atoms with Crippen molar-refractivity contribution in [1.29, 1.82) is 0 Å². The lowest BCUT2D eigenvalue weighted by Crippen LogP contribution is -2.11. The summed E-state index contributed by atoms with van der Waals surface area (Å²) in [6.07, 6.45) is -4.30. The first-order valence-corrected chi connectivity index (χ1v) is 7.08. The second-order valence-electron chi connectivity index (χ2n) is 5.26. The summed E-state index contributed by atoms with van der Waals surface area (Å²) < 4.78 is 44.5. The molecule has 1 heterocycles. The van der Waals surface area contributed by atoms with Crippen molar-refractivity contribution >= 4 is 5.97 Å². The fraction of sp³-hybridized carbons (Fsp3) is 0.375. The molecule has 0 radical (unpaired) electrons. The van der Waals surface area contributed by atoms with E-state index in [1.807, 2.05) is 19.9 Å². The Bertz CT molecular complexity index is 693. The zero-order valence-corrected chi connectivity index (χ0v) is 12.9. The van der Waals surface area contributed by atoms with Gasteiger partial charge in [-0.05, 0) is 37.6 Å². The number of halogens is 3. The summed E-state index contributed by atoms with van der Waals surface area (Å²) in [5.74, 6) is -0.477. The Morgan fingerprint density at radius 3 is 2.61 bits per heavy atom. The van der Waals surface area contributed by atoms with Gasteiger partial charge in [-0.25, -0.2) is 0 Å². The molecule has 0 saturated carbocycles. The number of rotatable bonds is 5. The molecule has 7 heteroatoms. The van der Waals surface area contributed by atoms with Crippen molar-refractivity contribution in [3.8, 4) is 0 Å². The second-order valence-corrected chi connectivity index (χ2v) is 5.26. The van der Waals surface area contributed by atoms with Crippen molar-refractivity contribution in [1.82, 2.24) is 9.78 Å². The Morgan fingerprint density at radius 2 is 2.00 bits per heavy atom. The van der Waals surface area contributed by atoms with Crippen molar-refractivity contribution < 1.29 is 22.7 Å². The smallest absolute Gasteiger partial charge is 0.416 e. The lowest BCUT2D eigenvalue weighted by Gasteiger charge is -2.09. The predicted octanol–water partition coefficient (Wildman–Crippen LogP) is 3.65. The SMILES string of the molecule is Cc1cc(C)n(CCC(=O)OCc2cccc(C(F)(F)F)c2)n1. The van der Waals surface area contributed by atoms with E-state index in [2.05, 4.69) is 5.10 Å². The van der Waals surface area contributed by atoms with Crippen molar-refractivity contribution in [2.75, 3.05) is 0 Å². The number of hydrogen-bond donors (Lipinski definition) is 0. The minimum Gasteiger partial charge on any atom is -0.461 e. The molecule has 0 aliphatic heterocycles. The van der Waals surface area contributed by atoms with E-state index in [0.717, 1.165) is 23.5 Å². The number of alkyl halides is 3. The molecule has 0 amide bonds.